The maximum absolute atomic E-state index is 12.4. The molecule has 1 aromatic carbocycles. The van der Waals surface area contributed by atoms with Crippen LogP contribution in [0, 0.1) is 0 Å². The minimum absolute atomic E-state index is 0.00336. The van der Waals surface area contributed by atoms with Gasteiger partial charge in [-0.3, -0.25) is 14.5 Å². The number of hydrogen-bond acceptors (Lipinski definition) is 5. The molecule has 1 aliphatic heterocycles. The Bertz CT molecular complexity index is 785. The number of hydrogen-bond donors (Lipinski definition) is 2. The van der Waals surface area contributed by atoms with Gasteiger partial charge in [-0.1, -0.05) is 18.6 Å². The number of ether oxygens (including phenoxy) is 1. The third kappa shape index (κ3) is 5.84. The quantitative estimate of drug-likeness (QED) is 0.677. The van der Waals surface area contributed by atoms with Crippen molar-refractivity contribution in [3.8, 4) is 5.75 Å². The second kappa shape index (κ2) is 10.7. The van der Waals surface area contributed by atoms with Crippen LogP contribution in [0.25, 0.3) is 0 Å². The molecule has 2 N–H and O–H groups in total. The van der Waals surface area contributed by atoms with E-state index in [4.69, 9.17) is 9.15 Å². The molecule has 29 heavy (non-hydrogen) atoms. The molecular weight excluding hydrogens is 370 g/mol. The molecule has 2 aromatic rings. The average molecular weight is 399 g/mol. The molecule has 1 fully saturated rings. The SMILES string of the molecule is CCOc1ccccc1C(=O)NCC(=O)NC[C@@H](c1ccco1)N1CCCCC1. The van der Waals surface area contributed by atoms with Gasteiger partial charge in [0, 0.05) is 6.54 Å². The predicted octanol–water partition coefficient (Wildman–Crippen LogP) is 2.75. The lowest BCUT2D eigenvalue weighted by molar-refractivity contribution is -0.120. The monoisotopic (exact) mass is 399 g/mol. The molecule has 1 aliphatic rings. The highest BCUT2D eigenvalue weighted by atomic mass is 16.5. The minimum Gasteiger partial charge on any atom is -0.493 e. The zero-order valence-corrected chi connectivity index (χ0v) is 16.9. The van der Waals surface area contributed by atoms with Crippen molar-refractivity contribution in [1.29, 1.82) is 0 Å². The van der Waals surface area contributed by atoms with Crippen molar-refractivity contribution >= 4 is 11.8 Å². The number of nitrogens with zero attached hydrogens (tertiary/aromatic N) is 1. The van der Waals surface area contributed by atoms with Gasteiger partial charge < -0.3 is 19.8 Å². The maximum atomic E-state index is 12.4. The predicted molar refractivity (Wildman–Crippen MR) is 110 cm³/mol. The van der Waals surface area contributed by atoms with E-state index in [9.17, 15) is 9.59 Å². The lowest BCUT2D eigenvalue weighted by Gasteiger charge is -2.33. The first-order chi connectivity index (χ1) is 14.2. The minimum atomic E-state index is -0.331. The van der Waals surface area contributed by atoms with Crippen LogP contribution < -0.4 is 15.4 Å². The van der Waals surface area contributed by atoms with E-state index in [0.717, 1.165) is 31.7 Å². The summed E-state index contributed by atoms with van der Waals surface area (Å²) < 4.78 is 11.1. The molecule has 0 radical (unpaired) electrons. The van der Waals surface area contributed by atoms with Crippen molar-refractivity contribution in [2.75, 3.05) is 32.8 Å². The number of carbonyl (C=O) groups is 2. The fraction of sp³-hybridized carbons (Fsp3) is 0.455. The van der Waals surface area contributed by atoms with Crippen LogP contribution in [0.2, 0.25) is 0 Å². The second-order valence-electron chi connectivity index (χ2n) is 7.04. The normalized spacial score (nSPS) is 15.5. The van der Waals surface area contributed by atoms with E-state index in [1.807, 2.05) is 25.1 Å². The smallest absolute Gasteiger partial charge is 0.255 e. The molecule has 2 heterocycles. The lowest BCUT2D eigenvalue weighted by atomic mass is 10.1. The van der Waals surface area contributed by atoms with Crippen molar-refractivity contribution in [2.45, 2.75) is 32.2 Å². The summed E-state index contributed by atoms with van der Waals surface area (Å²) in [6.07, 6.45) is 5.20. The molecule has 0 aliphatic carbocycles. The standard InChI is InChI=1S/C22H29N3O4/c1-2-28-19-10-5-4-9-17(19)22(27)24-16-21(26)23-15-18(20-11-8-14-29-20)25-12-6-3-7-13-25/h4-5,8-11,14,18H,2-3,6-7,12-13,15-16H2,1H3,(H,23,26)(H,24,27)/t18-/m0/s1. The number of likely N-dealkylation sites (tertiary alicyclic amines) is 1. The summed E-state index contributed by atoms with van der Waals surface area (Å²) in [5, 5.41) is 5.60. The number of benzene rings is 1. The van der Waals surface area contributed by atoms with Gasteiger partial charge in [-0.05, 0) is 57.1 Å². The molecule has 1 aromatic heterocycles. The van der Waals surface area contributed by atoms with E-state index in [-0.39, 0.29) is 24.4 Å². The molecule has 156 valence electrons. The molecule has 7 nitrogen and oxygen atoms in total. The molecule has 3 rings (SSSR count). The summed E-state index contributed by atoms with van der Waals surface area (Å²) in [6, 6.07) is 10.8. The summed E-state index contributed by atoms with van der Waals surface area (Å²) in [5.74, 6) is 0.793. The van der Waals surface area contributed by atoms with E-state index in [2.05, 4.69) is 15.5 Å². The van der Waals surface area contributed by atoms with Crippen molar-refractivity contribution in [2.24, 2.45) is 0 Å². The number of piperidine rings is 1. The summed E-state index contributed by atoms with van der Waals surface area (Å²) in [6.45, 7) is 4.66. The van der Waals surface area contributed by atoms with Crippen LogP contribution >= 0.6 is 0 Å². The zero-order chi connectivity index (χ0) is 20.5. The van der Waals surface area contributed by atoms with E-state index in [0.29, 0.717) is 24.5 Å². The van der Waals surface area contributed by atoms with Crippen molar-refractivity contribution < 1.29 is 18.7 Å². The number of nitrogens with one attached hydrogen (secondary N) is 2. The van der Waals surface area contributed by atoms with Crippen molar-refractivity contribution in [1.82, 2.24) is 15.5 Å². The summed E-state index contributed by atoms with van der Waals surface area (Å²) in [7, 11) is 0. The van der Waals surface area contributed by atoms with Gasteiger partial charge in [0.25, 0.3) is 5.91 Å². The number of rotatable bonds is 9. The number of carbonyl (C=O) groups excluding carboxylic acids is 2. The number of amides is 2. The Labute approximate surface area is 171 Å². The molecule has 1 atom stereocenters. The Kier molecular flexibility index (Phi) is 7.69. The van der Waals surface area contributed by atoms with Gasteiger partial charge in [0.05, 0.1) is 31.0 Å². The van der Waals surface area contributed by atoms with Crippen molar-refractivity contribution in [3.05, 3.63) is 54.0 Å². The van der Waals surface area contributed by atoms with Gasteiger partial charge in [0.15, 0.2) is 0 Å². The Morgan fingerprint density at radius 1 is 1.10 bits per heavy atom. The number of furan rings is 1. The van der Waals surface area contributed by atoms with Crippen LogP contribution in [0.5, 0.6) is 5.75 Å². The van der Waals surface area contributed by atoms with Crippen LogP contribution in [-0.4, -0.2) is 49.5 Å². The van der Waals surface area contributed by atoms with Crippen molar-refractivity contribution in [3.63, 3.8) is 0 Å². The van der Waals surface area contributed by atoms with Crippen LogP contribution in [0.3, 0.4) is 0 Å². The molecule has 0 unspecified atom stereocenters. The first-order valence-electron chi connectivity index (χ1n) is 10.2. The van der Waals surface area contributed by atoms with Crippen LogP contribution in [0.1, 0.15) is 48.3 Å². The fourth-order valence-corrected chi connectivity index (χ4v) is 3.58. The summed E-state index contributed by atoms with van der Waals surface area (Å²) >= 11 is 0. The summed E-state index contributed by atoms with van der Waals surface area (Å²) in [4.78, 5) is 27.1. The lowest BCUT2D eigenvalue weighted by Crippen LogP contribution is -2.43. The van der Waals surface area contributed by atoms with Gasteiger partial charge in [-0.2, -0.15) is 0 Å². The van der Waals surface area contributed by atoms with E-state index in [1.54, 1.807) is 24.5 Å². The second-order valence-corrected chi connectivity index (χ2v) is 7.04. The fourth-order valence-electron chi connectivity index (χ4n) is 3.58. The van der Waals surface area contributed by atoms with Gasteiger partial charge in [-0.15, -0.1) is 0 Å². The third-order valence-electron chi connectivity index (χ3n) is 5.04. The topological polar surface area (TPSA) is 83.8 Å². The van der Waals surface area contributed by atoms with Crippen LogP contribution in [0.15, 0.2) is 47.1 Å². The maximum Gasteiger partial charge on any atom is 0.255 e. The Hall–Kier alpha value is -2.80. The van der Waals surface area contributed by atoms with Crippen LogP contribution in [-0.2, 0) is 4.79 Å². The Balaban J connectivity index is 1.52. The molecule has 7 heteroatoms. The van der Waals surface area contributed by atoms with E-state index in [1.165, 1.54) is 6.42 Å². The largest absolute Gasteiger partial charge is 0.493 e. The zero-order valence-electron chi connectivity index (χ0n) is 16.9. The highest BCUT2D eigenvalue weighted by molar-refractivity contribution is 5.98. The summed E-state index contributed by atoms with van der Waals surface area (Å²) in [5.41, 5.74) is 0.420. The molecule has 1 saturated heterocycles. The highest BCUT2D eigenvalue weighted by Crippen LogP contribution is 2.24. The molecular formula is C22H29N3O4. The van der Waals surface area contributed by atoms with Crippen LogP contribution in [0.4, 0.5) is 0 Å². The van der Waals surface area contributed by atoms with E-state index < -0.39 is 0 Å². The van der Waals surface area contributed by atoms with Gasteiger partial charge in [-0.25, -0.2) is 0 Å². The first-order valence-corrected chi connectivity index (χ1v) is 10.2. The van der Waals surface area contributed by atoms with E-state index >= 15 is 0 Å². The van der Waals surface area contributed by atoms with Gasteiger partial charge >= 0.3 is 0 Å². The van der Waals surface area contributed by atoms with Gasteiger partial charge in [0.1, 0.15) is 11.5 Å². The Morgan fingerprint density at radius 3 is 2.62 bits per heavy atom. The van der Waals surface area contributed by atoms with Gasteiger partial charge in [0.2, 0.25) is 5.91 Å². The highest BCUT2D eigenvalue weighted by Gasteiger charge is 2.25. The Morgan fingerprint density at radius 2 is 1.90 bits per heavy atom. The molecule has 2 amide bonds. The third-order valence-corrected chi connectivity index (χ3v) is 5.04. The molecule has 0 spiro atoms. The molecule has 0 bridgehead atoms. The number of para-hydroxylation sites is 1. The molecule has 0 saturated carbocycles. The first kappa shape index (κ1) is 20.9. The average Bonchev–Trinajstić information content (AvgIpc) is 3.28.